The normalized spacial score (nSPS) is 12.0. The van der Waals surface area contributed by atoms with Crippen LogP contribution in [-0.4, -0.2) is 90.0 Å². The monoisotopic (exact) mass is 664 g/mol. The predicted molar refractivity (Wildman–Crippen MR) is 160 cm³/mol. The Kier molecular flexibility index (Phi) is 10.7. The van der Waals surface area contributed by atoms with Gasteiger partial charge in [0.15, 0.2) is 18.1 Å². The van der Waals surface area contributed by atoms with Crippen molar-refractivity contribution in [3.8, 4) is 23.0 Å². The maximum atomic E-state index is 13.7. The van der Waals surface area contributed by atoms with Crippen LogP contribution in [0.25, 0.3) is 11.0 Å². The Hall–Kier alpha value is -4.86. The maximum Gasteiger partial charge on any atom is 0.422 e. The number of halogens is 3. The molecule has 2 heterocycles. The lowest BCUT2D eigenvalue weighted by molar-refractivity contribution is -0.153. The molecule has 1 atom stereocenters. The number of fused-ring (bicyclic) bond motifs is 1. The molecule has 46 heavy (non-hydrogen) atoms. The van der Waals surface area contributed by atoms with Gasteiger partial charge in [-0.2, -0.15) is 13.2 Å². The summed E-state index contributed by atoms with van der Waals surface area (Å²) < 4.78 is 79.0. The Morgan fingerprint density at radius 2 is 1.67 bits per heavy atom. The quantitative estimate of drug-likeness (QED) is 0.195. The molecule has 12 nitrogen and oxygen atoms in total. The molecule has 2 aromatic carbocycles. The van der Waals surface area contributed by atoms with Crippen LogP contribution in [0.2, 0.25) is 0 Å². The average Bonchev–Trinajstić information content (AvgIpc) is 3.43. The topological polar surface area (TPSA) is 131 Å². The van der Waals surface area contributed by atoms with Gasteiger partial charge in [-0.1, -0.05) is 12.1 Å². The van der Waals surface area contributed by atoms with E-state index in [-0.39, 0.29) is 58.1 Å². The third-order valence-corrected chi connectivity index (χ3v) is 7.95. The van der Waals surface area contributed by atoms with Crippen LogP contribution in [0.1, 0.15) is 21.6 Å². The van der Waals surface area contributed by atoms with Crippen molar-refractivity contribution in [2.24, 2.45) is 0 Å². The molecule has 0 unspecified atom stereocenters. The van der Waals surface area contributed by atoms with Gasteiger partial charge in [-0.25, -0.2) is 19.1 Å². The smallest absolute Gasteiger partial charge is 0.422 e. The SMILES string of the molecule is COc1cc(C(=O)OCCN(C)C(=O)n2c([S@](=O)Cc3nccc(OCC(F)(F)F)c3C)nc3ccccc32)cc(OC)c1OC. The van der Waals surface area contributed by atoms with Gasteiger partial charge in [0.2, 0.25) is 10.9 Å². The fourth-order valence-electron chi connectivity index (χ4n) is 4.37. The van der Waals surface area contributed by atoms with Crippen molar-refractivity contribution in [2.75, 3.05) is 48.1 Å². The highest BCUT2D eigenvalue weighted by atomic mass is 32.2. The minimum atomic E-state index is -4.54. The Labute approximate surface area is 264 Å². The van der Waals surface area contributed by atoms with E-state index < -0.39 is 35.6 Å². The van der Waals surface area contributed by atoms with E-state index in [2.05, 4.69) is 9.97 Å². The number of ether oxygens (including phenoxy) is 5. The van der Waals surface area contributed by atoms with Crippen LogP contribution in [0.4, 0.5) is 18.0 Å². The first-order valence-electron chi connectivity index (χ1n) is 13.6. The van der Waals surface area contributed by atoms with Crippen LogP contribution in [0.3, 0.4) is 0 Å². The summed E-state index contributed by atoms with van der Waals surface area (Å²) in [6.07, 6.45) is -3.28. The van der Waals surface area contributed by atoms with Crippen molar-refractivity contribution in [1.29, 1.82) is 0 Å². The number of pyridine rings is 1. The molecular formula is C30H31F3N4O8S. The molecule has 4 rings (SSSR count). The third kappa shape index (κ3) is 7.67. The lowest BCUT2D eigenvalue weighted by atomic mass is 10.2. The molecule has 0 aliphatic heterocycles. The van der Waals surface area contributed by atoms with Crippen LogP contribution in [0.15, 0.2) is 53.8 Å². The molecule has 2 aromatic heterocycles. The number of esters is 1. The van der Waals surface area contributed by atoms with Gasteiger partial charge in [0.05, 0.1) is 66.7 Å². The molecule has 0 radical (unpaired) electrons. The molecule has 246 valence electrons. The number of carbonyl (C=O) groups excluding carboxylic acids is 2. The van der Waals surface area contributed by atoms with E-state index in [4.69, 9.17) is 23.7 Å². The lowest BCUT2D eigenvalue weighted by Gasteiger charge is -2.19. The largest absolute Gasteiger partial charge is 0.493 e. The van der Waals surface area contributed by atoms with Crippen molar-refractivity contribution in [3.05, 3.63) is 65.5 Å². The third-order valence-electron chi connectivity index (χ3n) is 6.73. The summed E-state index contributed by atoms with van der Waals surface area (Å²) in [4.78, 5) is 36.3. The average molecular weight is 665 g/mol. The molecule has 0 aliphatic carbocycles. The molecule has 0 bridgehead atoms. The molecule has 0 aliphatic rings. The van der Waals surface area contributed by atoms with E-state index in [1.807, 2.05) is 0 Å². The molecule has 0 fully saturated rings. The summed E-state index contributed by atoms with van der Waals surface area (Å²) in [5, 5.41) is -0.0877. The maximum absolute atomic E-state index is 13.7. The van der Waals surface area contributed by atoms with Crippen molar-refractivity contribution < 1.29 is 50.7 Å². The number of likely N-dealkylation sites (N-methyl/N-ethyl adjacent to an activating group) is 1. The summed E-state index contributed by atoms with van der Waals surface area (Å²) in [5.41, 5.74) is 1.41. The van der Waals surface area contributed by atoms with Gasteiger partial charge in [-0.3, -0.25) is 9.19 Å². The molecule has 16 heteroatoms. The molecular weight excluding hydrogens is 633 g/mol. The summed E-state index contributed by atoms with van der Waals surface area (Å²) in [7, 11) is 3.78. The van der Waals surface area contributed by atoms with E-state index in [1.165, 1.54) is 69.2 Å². The molecule has 0 N–H and O–H groups in total. The van der Waals surface area contributed by atoms with Crippen LogP contribution in [-0.2, 0) is 21.3 Å². The summed E-state index contributed by atoms with van der Waals surface area (Å²) in [6.45, 7) is -0.204. The number of para-hydroxylation sites is 2. The predicted octanol–water partition coefficient (Wildman–Crippen LogP) is 4.77. The van der Waals surface area contributed by atoms with E-state index >= 15 is 0 Å². The highest BCUT2D eigenvalue weighted by Gasteiger charge is 2.29. The van der Waals surface area contributed by atoms with Crippen molar-refractivity contribution in [3.63, 3.8) is 0 Å². The van der Waals surface area contributed by atoms with Gasteiger partial charge in [0.25, 0.3) is 0 Å². The second-order valence-electron chi connectivity index (χ2n) is 9.75. The standard InChI is InChI=1S/C30H31F3N4O8S/c1-18-21(34-11-10-23(18)45-17-30(31,32)33)16-46(40)28-35-20-8-6-7-9-22(20)37(28)29(39)36(2)12-13-44-27(38)19-14-24(41-3)26(43-5)25(15-19)42-4/h6-11,14-15H,12-13,16-17H2,1-5H3/t46-/m1/s1. The van der Waals surface area contributed by atoms with Crippen molar-refractivity contribution in [2.45, 2.75) is 24.0 Å². The summed E-state index contributed by atoms with van der Waals surface area (Å²) >= 11 is 0. The van der Waals surface area contributed by atoms with E-state index in [9.17, 15) is 27.0 Å². The zero-order valence-electron chi connectivity index (χ0n) is 25.5. The summed E-state index contributed by atoms with van der Waals surface area (Å²) in [6, 6.07) is 10.2. The minimum Gasteiger partial charge on any atom is -0.493 e. The van der Waals surface area contributed by atoms with Gasteiger partial charge in [0, 0.05) is 18.8 Å². The number of aromatic nitrogens is 3. The Morgan fingerprint density at radius 3 is 2.30 bits per heavy atom. The zero-order valence-corrected chi connectivity index (χ0v) is 26.4. The number of benzene rings is 2. The zero-order chi connectivity index (χ0) is 33.6. The number of imidazole rings is 1. The Balaban J connectivity index is 1.51. The van der Waals surface area contributed by atoms with E-state index in [1.54, 1.807) is 24.3 Å². The highest BCUT2D eigenvalue weighted by molar-refractivity contribution is 7.84. The van der Waals surface area contributed by atoms with E-state index in [0.717, 1.165) is 0 Å². The first-order valence-corrected chi connectivity index (χ1v) is 14.9. The van der Waals surface area contributed by atoms with Gasteiger partial charge in [-0.05, 0) is 37.3 Å². The molecule has 4 aromatic rings. The van der Waals surface area contributed by atoms with Crippen LogP contribution < -0.4 is 18.9 Å². The molecule has 0 saturated carbocycles. The van der Waals surface area contributed by atoms with Crippen molar-refractivity contribution in [1.82, 2.24) is 19.4 Å². The van der Waals surface area contributed by atoms with Gasteiger partial charge < -0.3 is 28.6 Å². The summed E-state index contributed by atoms with van der Waals surface area (Å²) in [5.74, 6) is -0.161. The number of methoxy groups -OCH3 is 3. The van der Waals surface area contributed by atoms with Crippen LogP contribution in [0, 0.1) is 6.92 Å². The first-order chi connectivity index (χ1) is 21.9. The van der Waals surface area contributed by atoms with Gasteiger partial charge >= 0.3 is 18.2 Å². The van der Waals surface area contributed by atoms with Crippen LogP contribution >= 0.6 is 0 Å². The van der Waals surface area contributed by atoms with Crippen molar-refractivity contribution >= 4 is 33.8 Å². The highest BCUT2D eigenvalue weighted by Crippen LogP contribution is 2.38. The second kappa shape index (κ2) is 14.5. The number of rotatable bonds is 12. The number of alkyl halides is 3. The first kappa shape index (κ1) is 34.0. The second-order valence-corrected chi connectivity index (χ2v) is 11.1. The number of hydrogen-bond acceptors (Lipinski definition) is 10. The van der Waals surface area contributed by atoms with Gasteiger partial charge in [-0.15, -0.1) is 0 Å². The number of hydrogen-bond donors (Lipinski definition) is 0. The lowest BCUT2D eigenvalue weighted by Crippen LogP contribution is -2.35. The van der Waals surface area contributed by atoms with Crippen LogP contribution in [0.5, 0.6) is 23.0 Å². The fraction of sp³-hybridized carbons (Fsp3) is 0.333. The minimum absolute atomic E-state index is 0.0349. The molecule has 1 amide bonds. The molecule has 0 spiro atoms. The Morgan fingerprint density at radius 1 is 1.00 bits per heavy atom. The molecule has 0 saturated heterocycles. The number of carbonyl (C=O) groups is 2. The Bertz CT molecular complexity index is 1740. The number of amides is 1. The number of nitrogens with zero attached hydrogens (tertiary/aromatic N) is 4. The fourth-order valence-corrected chi connectivity index (χ4v) is 5.62. The van der Waals surface area contributed by atoms with E-state index in [0.29, 0.717) is 16.8 Å². The van der Waals surface area contributed by atoms with Gasteiger partial charge in [0.1, 0.15) is 12.4 Å².